The fourth-order valence-electron chi connectivity index (χ4n) is 5.37. The summed E-state index contributed by atoms with van der Waals surface area (Å²) >= 11 is 0. The zero-order chi connectivity index (χ0) is 24.3. The molecule has 0 radical (unpaired) electrons. The van der Waals surface area contributed by atoms with Crippen molar-refractivity contribution in [3.63, 3.8) is 0 Å². The van der Waals surface area contributed by atoms with E-state index in [2.05, 4.69) is 91.3 Å². The third kappa shape index (κ3) is 2.84. The molecule has 0 aliphatic rings. The maximum Gasteiger partial charge on any atom is 0.221 e. The molecule has 37 heavy (non-hydrogen) atoms. The summed E-state index contributed by atoms with van der Waals surface area (Å²) in [5, 5.41) is 1.16. The van der Waals surface area contributed by atoms with Crippen molar-refractivity contribution in [3.05, 3.63) is 122 Å². The molecule has 0 N–H and O–H groups in total. The van der Waals surface area contributed by atoms with Crippen LogP contribution in [0.3, 0.4) is 0 Å². The monoisotopic (exact) mass is 476 g/mol. The van der Waals surface area contributed by atoms with Gasteiger partial charge in [-0.25, -0.2) is 4.98 Å². The second kappa shape index (κ2) is 7.63. The van der Waals surface area contributed by atoms with Gasteiger partial charge in [-0.05, 0) is 54.6 Å². The zero-order valence-electron chi connectivity index (χ0n) is 19.7. The van der Waals surface area contributed by atoms with E-state index < -0.39 is 0 Å². The lowest BCUT2D eigenvalue weighted by atomic mass is 10.2. The fraction of sp³-hybridized carbons (Fsp3) is 0. The molecule has 0 saturated heterocycles. The third-order valence-corrected chi connectivity index (χ3v) is 6.95. The van der Waals surface area contributed by atoms with E-state index in [1.165, 1.54) is 0 Å². The van der Waals surface area contributed by atoms with Crippen molar-refractivity contribution in [1.82, 2.24) is 28.5 Å². The Morgan fingerprint density at radius 1 is 0.541 bits per heavy atom. The van der Waals surface area contributed by atoms with E-state index >= 15 is 0 Å². The van der Waals surface area contributed by atoms with E-state index in [-0.39, 0.29) is 0 Å². The Balaban J connectivity index is 1.52. The lowest BCUT2D eigenvalue weighted by molar-refractivity contribution is 1.03. The molecule has 5 heterocycles. The second-order valence-corrected chi connectivity index (χ2v) is 9.05. The van der Waals surface area contributed by atoms with Gasteiger partial charge in [-0.1, -0.05) is 54.6 Å². The van der Waals surface area contributed by atoms with Crippen molar-refractivity contribution >= 4 is 38.9 Å². The van der Waals surface area contributed by atoms with Crippen molar-refractivity contribution in [3.8, 4) is 22.8 Å². The van der Waals surface area contributed by atoms with Gasteiger partial charge in [-0.15, -0.1) is 0 Å². The van der Waals surface area contributed by atoms with Gasteiger partial charge in [0.05, 0.1) is 45.5 Å². The van der Waals surface area contributed by atoms with Crippen LogP contribution in [0.1, 0.15) is 0 Å². The van der Waals surface area contributed by atoms with Gasteiger partial charge in [-0.2, -0.15) is 0 Å². The maximum atomic E-state index is 5.09. The molecule has 8 rings (SSSR count). The predicted octanol–water partition coefficient (Wildman–Crippen LogP) is 6.83. The van der Waals surface area contributed by atoms with Crippen LogP contribution in [0.5, 0.6) is 0 Å². The van der Waals surface area contributed by atoms with Crippen LogP contribution in [0.4, 0.5) is 0 Å². The van der Waals surface area contributed by atoms with Gasteiger partial charge < -0.3 is 0 Å². The predicted molar refractivity (Wildman–Crippen MR) is 147 cm³/mol. The van der Waals surface area contributed by atoms with Gasteiger partial charge >= 0.3 is 0 Å². The summed E-state index contributed by atoms with van der Waals surface area (Å²) in [6.45, 7) is 0. The van der Waals surface area contributed by atoms with Crippen LogP contribution < -0.4 is 0 Å². The molecular formula is C31H20N6. The SMILES string of the molecule is c1ccc(-n2c3c(c4ccccc4n3-c3ccc(-c4ccccn4)nc3)n3c4ccccc4nc23)cc1. The van der Waals surface area contributed by atoms with E-state index in [1.807, 2.05) is 42.6 Å². The summed E-state index contributed by atoms with van der Waals surface area (Å²) in [6, 6.07) is 37.3. The fourth-order valence-corrected chi connectivity index (χ4v) is 5.37. The molecule has 0 aliphatic carbocycles. The number of aromatic nitrogens is 6. The molecule has 0 aliphatic heterocycles. The summed E-state index contributed by atoms with van der Waals surface area (Å²) in [5.74, 6) is 0.884. The van der Waals surface area contributed by atoms with E-state index in [9.17, 15) is 0 Å². The van der Waals surface area contributed by atoms with E-state index in [4.69, 9.17) is 9.97 Å². The third-order valence-electron chi connectivity index (χ3n) is 6.95. The summed E-state index contributed by atoms with van der Waals surface area (Å²) in [5.41, 5.74) is 9.08. The highest BCUT2D eigenvalue weighted by Gasteiger charge is 2.24. The highest BCUT2D eigenvalue weighted by molar-refractivity contribution is 6.10. The van der Waals surface area contributed by atoms with E-state index in [1.54, 1.807) is 6.20 Å². The smallest absolute Gasteiger partial charge is 0.221 e. The van der Waals surface area contributed by atoms with Crippen molar-refractivity contribution in [2.75, 3.05) is 0 Å². The number of rotatable bonds is 3. The molecule has 6 heteroatoms. The first-order valence-electron chi connectivity index (χ1n) is 12.2. The molecule has 0 amide bonds. The van der Waals surface area contributed by atoms with Gasteiger partial charge in [0.25, 0.3) is 0 Å². The lowest BCUT2D eigenvalue weighted by Gasteiger charge is -2.11. The van der Waals surface area contributed by atoms with Gasteiger partial charge in [0, 0.05) is 11.6 Å². The minimum Gasteiger partial charge on any atom is -0.292 e. The molecule has 174 valence electrons. The molecule has 0 unspecified atom stereocenters. The van der Waals surface area contributed by atoms with Gasteiger partial charge in [-0.3, -0.25) is 23.5 Å². The molecule has 0 spiro atoms. The van der Waals surface area contributed by atoms with Crippen molar-refractivity contribution < 1.29 is 0 Å². The first-order chi connectivity index (χ1) is 18.4. The molecular weight excluding hydrogens is 456 g/mol. The normalized spacial score (nSPS) is 11.8. The van der Waals surface area contributed by atoms with Crippen LogP contribution in [0.15, 0.2) is 122 Å². The maximum absolute atomic E-state index is 5.09. The number of imidazole rings is 2. The number of nitrogens with zero attached hydrogens (tertiary/aromatic N) is 6. The molecule has 6 nitrogen and oxygen atoms in total. The molecule has 5 aromatic heterocycles. The van der Waals surface area contributed by atoms with Crippen LogP contribution in [0.2, 0.25) is 0 Å². The summed E-state index contributed by atoms with van der Waals surface area (Å²) in [4.78, 5) is 14.3. The largest absolute Gasteiger partial charge is 0.292 e. The zero-order valence-corrected chi connectivity index (χ0v) is 19.7. The van der Waals surface area contributed by atoms with E-state index in [0.29, 0.717) is 0 Å². The standard InChI is InChI=1S/C31H20N6/c1-2-10-21(11-3-1)36-30-29(37-28-16-7-5-14-26(28)34-31(36)37)23-12-4-6-15-27(23)35(30)22-17-18-25(33-20-22)24-13-8-9-19-32-24/h1-20H. The first kappa shape index (κ1) is 20.0. The molecule has 8 aromatic rings. The highest BCUT2D eigenvalue weighted by Crippen LogP contribution is 2.38. The summed E-state index contributed by atoms with van der Waals surface area (Å²) < 4.78 is 6.82. The molecule has 0 atom stereocenters. The number of para-hydroxylation sites is 4. The highest BCUT2D eigenvalue weighted by atomic mass is 15.3. The minimum absolute atomic E-state index is 0.844. The van der Waals surface area contributed by atoms with Gasteiger partial charge in [0.15, 0.2) is 5.65 Å². The summed E-state index contributed by atoms with van der Waals surface area (Å²) in [6.07, 6.45) is 3.72. The van der Waals surface area contributed by atoms with Crippen LogP contribution in [0, 0.1) is 0 Å². The Hall–Kier alpha value is -5.23. The average Bonchev–Trinajstić information content (AvgIpc) is 3.60. The average molecular weight is 477 g/mol. The topological polar surface area (TPSA) is 52.9 Å². The van der Waals surface area contributed by atoms with E-state index in [0.717, 1.165) is 61.6 Å². The van der Waals surface area contributed by atoms with Crippen molar-refractivity contribution in [2.45, 2.75) is 0 Å². The summed E-state index contributed by atoms with van der Waals surface area (Å²) in [7, 11) is 0. The first-order valence-corrected chi connectivity index (χ1v) is 12.2. The Morgan fingerprint density at radius 3 is 2.11 bits per heavy atom. The van der Waals surface area contributed by atoms with Gasteiger partial charge in [0.2, 0.25) is 5.78 Å². The lowest BCUT2D eigenvalue weighted by Crippen LogP contribution is -2.02. The van der Waals surface area contributed by atoms with Crippen LogP contribution in [-0.2, 0) is 0 Å². The van der Waals surface area contributed by atoms with Crippen molar-refractivity contribution in [1.29, 1.82) is 0 Å². The second-order valence-electron chi connectivity index (χ2n) is 9.05. The number of hydrogen-bond donors (Lipinski definition) is 0. The molecule has 3 aromatic carbocycles. The van der Waals surface area contributed by atoms with Crippen LogP contribution in [-0.4, -0.2) is 28.5 Å². The van der Waals surface area contributed by atoms with Crippen LogP contribution in [0.25, 0.3) is 61.6 Å². The van der Waals surface area contributed by atoms with Gasteiger partial charge in [0.1, 0.15) is 5.52 Å². The Kier molecular flexibility index (Phi) is 4.13. The molecule has 0 bridgehead atoms. The minimum atomic E-state index is 0.844. The van der Waals surface area contributed by atoms with Crippen molar-refractivity contribution in [2.24, 2.45) is 0 Å². The number of benzene rings is 3. The molecule has 0 fully saturated rings. The number of fused-ring (bicyclic) bond motifs is 7. The Bertz CT molecular complexity index is 2060. The number of hydrogen-bond acceptors (Lipinski definition) is 3. The van der Waals surface area contributed by atoms with Crippen LogP contribution >= 0.6 is 0 Å². The Morgan fingerprint density at radius 2 is 1.30 bits per heavy atom. The molecule has 0 saturated carbocycles. The quantitative estimate of drug-likeness (QED) is 0.281. The number of pyridine rings is 2. The Labute approximate surface area is 211 Å².